The predicted molar refractivity (Wildman–Crippen MR) is 73.6 cm³/mol. The summed E-state index contributed by atoms with van der Waals surface area (Å²) < 4.78 is 24.8. The number of alkyl halides is 2. The Kier molecular flexibility index (Phi) is 6.89. The molecular weight excluding hydrogens is 306 g/mol. The van der Waals surface area contributed by atoms with E-state index in [9.17, 15) is 18.4 Å². The van der Waals surface area contributed by atoms with E-state index >= 15 is 0 Å². The lowest BCUT2D eigenvalue weighted by atomic mass is 10.2. The second kappa shape index (κ2) is 8.42. The molecule has 0 radical (unpaired) electrons. The molecule has 1 aromatic carbocycles. The van der Waals surface area contributed by atoms with Gasteiger partial charge in [-0.25, -0.2) is 9.59 Å². The topological polar surface area (TPSA) is 98.7 Å². The second-order valence-corrected chi connectivity index (χ2v) is 4.91. The minimum atomic E-state index is -2.64. The van der Waals surface area contributed by atoms with Crippen molar-refractivity contribution >= 4 is 29.4 Å². The van der Waals surface area contributed by atoms with E-state index in [1.807, 2.05) is 0 Å². The molecule has 21 heavy (non-hydrogen) atoms. The van der Waals surface area contributed by atoms with Crippen LogP contribution in [-0.2, 0) is 4.79 Å². The normalized spacial score (nSPS) is 12.0. The smallest absolute Gasteiger partial charge is 0.326 e. The van der Waals surface area contributed by atoms with Crippen LogP contribution in [0.3, 0.4) is 0 Å². The highest BCUT2D eigenvalue weighted by molar-refractivity contribution is 7.99. The average molecular weight is 320 g/mol. The molecule has 0 bridgehead atoms. The van der Waals surface area contributed by atoms with Crippen LogP contribution in [0.5, 0.6) is 0 Å². The van der Waals surface area contributed by atoms with E-state index in [0.717, 1.165) is 0 Å². The third-order valence-corrected chi connectivity index (χ3v) is 3.16. The Bertz CT molecular complexity index is 502. The number of benzene rings is 1. The zero-order valence-corrected chi connectivity index (χ0v) is 11.6. The van der Waals surface area contributed by atoms with Gasteiger partial charge in [0.2, 0.25) is 0 Å². The van der Waals surface area contributed by atoms with Gasteiger partial charge in [-0.1, -0.05) is 23.9 Å². The maximum atomic E-state index is 12.4. The van der Waals surface area contributed by atoms with Crippen molar-refractivity contribution in [2.75, 3.05) is 11.9 Å². The molecule has 0 fully saturated rings. The Morgan fingerprint density at radius 1 is 1.29 bits per heavy atom. The van der Waals surface area contributed by atoms with Crippen molar-refractivity contribution in [1.82, 2.24) is 5.32 Å². The van der Waals surface area contributed by atoms with Crippen molar-refractivity contribution in [3.05, 3.63) is 24.3 Å². The van der Waals surface area contributed by atoms with Crippen molar-refractivity contribution in [1.29, 1.82) is 0 Å². The number of aliphatic hydroxyl groups excluding tert-OH is 1. The lowest BCUT2D eigenvalue weighted by Crippen LogP contribution is -2.43. The van der Waals surface area contributed by atoms with Crippen molar-refractivity contribution in [3.63, 3.8) is 0 Å². The molecular formula is C12H14F2N2O4S. The molecule has 116 valence electrons. The Morgan fingerprint density at radius 3 is 2.52 bits per heavy atom. The van der Waals surface area contributed by atoms with Crippen LogP contribution >= 0.6 is 11.8 Å². The number of amides is 2. The number of halogens is 2. The molecule has 0 spiro atoms. The van der Waals surface area contributed by atoms with Crippen LogP contribution in [0.1, 0.15) is 6.42 Å². The minimum Gasteiger partial charge on any atom is -0.480 e. The van der Waals surface area contributed by atoms with Crippen molar-refractivity contribution < 1.29 is 28.6 Å². The molecule has 0 saturated heterocycles. The first-order valence-corrected chi connectivity index (χ1v) is 6.77. The monoisotopic (exact) mass is 320 g/mol. The molecule has 0 unspecified atom stereocenters. The highest BCUT2D eigenvalue weighted by Gasteiger charge is 2.20. The van der Waals surface area contributed by atoms with Crippen LogP contribution in [0.15, 0.2) is 29.2 Å². The third kappa shape index (κ3) is 5.96. The number of aliphatic hydroxyl groups is 1. The van der Waals surface area contributed by atoms with Gasteiger partial charge in [0.25, 0.3) is 5.76 Å². The van der Waals surface area contributed by atoms with Crippen LogP contribution in [0, 0.1) is 0 Å². The number of para-hydroxylation sites is 1. The molecule has 1 aromatic rings. The largest absolute Gasteiger partial charge is 0.480 e. The fourth-order valence-electron chi connectivity index (χ4n) is 1.47. The van der Waals surface area contributed by atoms with Crippen LogP contribution in [0.4, 0.5) is 19.3 Å². The number of nitrogens with one attached hydrogen (secondary N) is 2. The molecule has 0 aliphatic rings. The molecule has 0 aliphatic carbocycles. The summed E-state index contributed by atoms with van der Waals surface area (Å²) in [5, 5.41) is 22.0. The molecule has 9 heteroatoms. The van der Waals surface area contributed by atoms with Gasteiger partial charge in [0.05, 0.1) is 5.69 Å². The zero-order chi connectivity index (χ0) is 15.8. The van der Waals surface area contributed by atoms with E-state index in [1.54, 1.807) is 12.1 Å². The second-order valence-electron chi connectivity index (χ2n) is 3.88. The van der Waals surface area contributed by atoms with E-state index in [1.165, 1.54) is 12.1 Å². The van der Waals surface area contributed by atoms with Gasteiger partial charge in [-0.05, 0) is 12.1 Å². The first-order chi connectivity index (χ1) is 9.93. The van der Waals surface area contributed by atoms with E-state index in [2.05, 4.69) is 10.6 Å². The number of thioether (sulfide) groups is 1. The van der Waals surface area contributed by atoms with Crippen molar-refractivity contribution in [3.8, 4) is 0 Å². The van der Waals surface area contributed by atoms with Gasteiger partial charge in [-0.15, -0.1) is 0 Å². The first kappa shape index (κ1) is 17.2. The molecule has 6 nitrogen and oxygen atoms in total. The van der Waals surface area contributed by atoms with E-state index in [0.29, 0.717) is 0 Å². The summed E-state index contributed by atoms with van der Waals surface area (Å²) in [5.74, 6) is -3.94. The number of hydrogen-bond donors (Lipinski definition) is 4. The third-order valence-electron chi connectivity index (χ3n) is 2.37. The van der Waals surface area contributed by atoms with Crippen LogP contribution in [0.2, 0.25) is 0 Å². The summed E-state index contributed by atoms with van der Waals surface area (Å²) in [6.45, 7) is -0.408. The summed E-state index contributed by atoms with van der Waals surface area (Å²) in [4.78, 5) is 22.7. The fraction of sp³-hybridized carbons (Fsp3) is 0.333. The Labute approximate surface area is 123 Å². The number of urea groups is 1. The molecule has 2 amide bonds. The van der Waals surface area contributed by atoms with E-state index < -0.39 is 30.4 Å². The highest BCUT2D eigenvalue weighted by Crippen LogP contribution is 2.31. The predicted octanol–water partition coefficient (Wildman–Crippen LogP) is 1.96. The van der Waals surface area contributed by atoms with Gasteiger partial charge in [0, 0.05) is 17.9 Å². The van der Waals surface area contributed by atoms with Crippen molar-refractivity contribution in [2.45, 2.75) is 23.1 Å². The summed E-state index contributed by atoms with van der Waals surface area (Å²) in [7, 11) is 0. The highest BCUT2D eigenvalue weighted by atomic mass is 32.2. The Hall–Kier alpha value is -1.87. The summed E-state index contributed by atoms with van der Waals surface area (Å²) in [5.41, 5.74) is 0.147. The van der Waals surface area contributed by atoms with Gasteiger partial charge in [0.15, 0.2) is 0 Å². The van der Waals surface area contributed by atoms with E-state index in [4.69, 9.17) is 10.2 Å². The fourth-order valence-corrected chi connectivity index (χ4v) is 2.07. The minimum absolute atomic E-state index is 0.147. The first-order valence-electron chi connectivity index (χ1n) is 5.89. The number of carboxylic acids is 1. The lowest BCUT2D eigenvalue weighted by molar-refractivity contribution is -0.139. The molecule has 1 atom stereocenters. The number of carboxylic acid groups (broad SMARTS) is 1. The Morgan fingerprint density at radius 2 is 1.95 bits per heavy atom. The number of hydrogen-bond acceptors (Lipinski definition) is 4. The van der Waals surface area contributed by atoms with Crippen LogP contribution in [0.25, 0.3) is 0 Å². The standard InChI is InChI=1S/C12H14F2N2O4S/c13-11(14)21-9-4-2-1-3-7(9)15-12(20)16-8(5-6-17)10(18)19/h1-4,8,11,17H,5-6H2,(H,18,19)(H2,15,16,20)/t8-/m0/s1. The molecule has 4 N–H and O–H groups in total. The summed E-state index contributed by atoms with van der Waals surface area (Å²) in [6, 6.07) is 3.82. The number of aliphatic carboxylic acids is 1. The lowest BCUT2D eigenvalue weighted by Gasteiger charge is -2.15. The quantitative estimate of drug-likeness (QED) is 0.576. The molecule has 0 aromatic heterocycles. The average Bonchev–Trinajstić information content (AvgIpc) is 2.39. The maximum Gasteiger partial charge on any atom is 0.326 e. The van der Waals surface area contributed by atoms with Gasteiger partial charge < -0.3 is 20.8 Å². The van der Waals surface area contributed by atoms with Gasteiger partial charge in [-0.3, -0.25) is 0 Å². The number of rotatable bonds is 7. The van der Waals surface area contributed by atoms with Gasteiger partial charge >= 0.3 is 12.0 Å². The van der Waals surface area contributed by atoms with E-state index in [-0.39, 0.29) is 28.8 Å². The maximum absolute atomic E-state index is 12.4. The molecule has 0 heterocycles. The van der Waals surface area contributed by atoms with Crippen LogP contribution < -0.4 is 10.6 Å². The molecule has 0 saturated carbocycles. The van der Waals surface area contributed by atoms with Gasteiger partial charge in [-0.2, -0.15) is 8.78 Å². The molecule has 0 aliphatic heterocycles. The molecule has 1 rings (SSSR count). The SMILES string of the molecule is O=C(Nc1ccccc1SC(F)F)N[C@@H](CCO)C(=O)O. The van der Waals surface area contributed by atoms with Crippen LogP contribution in [-0.4, -0.2) is 40.6 Å². The summed E-state index contributed by atoms with van der Waals surface area (Å²) >= 11 is 0.270. The zero-order valence-electron chi connectivity index (χ0n) is 10.8. The number of carbonyl (C=O) groups is 2. The Balaban J connectivity index is 2.72. The van der Waals surface area contributed by atoms with Crippen molar-refractivity contribution in [2.24, 2.45) is 0 Å². The summed E-state index contributed by atoms with van der Waals surface area (Å²) in [6.07, 6.45) is -0.157. The van der Waals surface area contributed by atoms with Gasteiger partial charge in [0.1, 0.15) is 6.04 Å². The number of carbonyl (C=O) groups excluding carboxylic acids is 1. The number of anilines is 1.